The summed E-state index contributed by atoms with van der Waals surface area (Å²) in [6.45, 7) is 5.35. The van der Waals surface area contributed by atoms with E-state index in [4.69, 9.17) is 4.74 Å². The molecule has 2 aromatic carbocycles. The number of hydrogen-bond donors (Lipinski definition) is 1. The van der Waals surface area contributed by atoms with Crippen LogP contribution in [0.4, 0.5) is 13.2 Å². The van der Waals surface area contributed by atoms with Crippen molar-refractivity contribution in [2.75, 3.05) is 0 Å². The molecule has 0 aliphatic rings. The molecule has 176 valence electrons. The molecule has 3 aromatic rings. The topological polar surface area (TPSA) is 72.3 Å². The zero-order valence-corrected chi connectivity index (χ0v) is 19.9. The van der Waals surface area contributed by atoms with Gasteiger partial charge in [-0.15, -0.1) is 22.0 Å². The molecule has 10 heteroatoms. The number of halogens is 3. The lowest BCUT2D eigenvalue weighted by Gasteiger charge is -2.27. The Labute approximate surface area is 198 Å². The van der Waals surface area contributed by atoms with Crippen LogP contribution in [0.25, 0.3) is 10.6 Å². The third-order valence-corrected chi connectivity index (χ3v) is 7.11. The first-order valence-electron chi connectivity index (χ1n) is 10.2. The second kappa shape index (κ2) is 10.1. The minimum absolute atomic E-state index is 0.399. The maximum absolute atomic E-state index is 12.7. The van der Waals surface area contributed by atoms with E-state index >= 15 is 0 Å². The van der Waals surface area contributed by atoms with Crippen LogP contribution in [0, 0.1) is 6.92 Å². The van der Waals surface area contributed by atoms with Gasteiger partial charge in [-0.3, -0.25) is 0 Å². The molecule has 0 amide bonds. The molecular formula is C23H23F3N2O3S2. The number of rotatable bonds is 9. The first-order chi connectivity index (χ1) is 15.5. The Kier molecular flexibility index (Phi) is 7.69. The maximum atomic E-state index is 12.7. The number of aryl methyl sites for hydroxylation is 1. The van der Waals surface area contributed by atoms with Crippen molar-refractivity contribution in [3.63, 3.8) is 0 Å². The van der Waals surface area contributed by atoms with Gasteiger partial charge in [0, 0.05) is 10.5 Å². The maximum Gasteiger partial charge on any atom is 0.416 e. The molecule has 33 heavy (non-hydrogen) atoms. The average Bonchev–Trinajstić information content (AvgIpc) is 3.23. The predicted molar refractivity (Wildman–Crippen MR) is 123 cm³/mol. The van der Waals surface area contributed by atoms with Gasteiger partial charge in [0.1, 0.15) is 15.8 Å². The Hall–Kier alpha value is -2.59. The van der Waals surface area contributed by atoms with Crippen LogP contribution < -0.4 is 4.74 Å². The lowest BCUT2D eigenvalue weighted by molar-refractivity contribution is -0.154. The quantitative estimate of drug-likeness (QED) is 0.327. The number of benzene rings is 2. The van der Waals surface area contributed by atoms with Gasteiger partial charge in [0.05, 0.1) is 11.3 Å². The molecule has 0 spiro atoms. The molecule has 3 rings (SSSR count). The largest absolute Gasteiger partial charge is 0.478 e. The lowest BCUT2D eigenvalue weighted by atomic mass is 10.0. The number of aliphatic carboxylic acids is 1. The molecular weight excluding hydrogens is 473 g/mol. The van der Waals surface area contributed by atoms with E-state index in [2.05, 4.69) is 10.2 Å². The van der Waals surface area contributed by atoms with Crippen molar-refractivity contribution >= 4 is 29.1 Å². The summed E-state index contributed by atoms with van der Waals surface area (Å²) in [4.78, 5) is 12.6. The summed E-state index contributed by atoms with van der Waals surface area (Å²) in [5.74, 6) is 0.0705. The van der Waals surface area contributed by atoms with E-state index in [-0.39, 0.29) is 0 Å². The molecule has 0 aliphatic heterocycles. The third kappa shape index (κ3) is 6.26. The van der Waals surface area contributed by atoms with Crippen molar-refractivity contribution in [3.8, 4) is 16.3 Å². The number of carboxylic acid groups (broad SMARTS) is 1. The van der Waals surface area contributed by atoms with Crippen molar-refractivity contribution in [2.45, 2.75) is 56.0 Å². The lowest BCUT2D eigenvalue weighted by Crippen LogP contribution is -2.41. The van der Waals surface area contributed by atoms with Gasteiger partial charge in [-0.25, -0.2) is 4.79 Å². The fraction of sp³-hybridized carbons (Fsp3) is 0.348. The second-order valence-electron chi connectivity index (χ2n) is 7.68. The van der Waals surface area contributed by atoms with Gasteiger partial charge < -0.3 is 9.84 Å². The fourth-order valence-electron chi connectivity index (χ4n) is 3.12. The molecule has 0 fully saturated rings. The van der Waals surface area contributed by atoms with Crippen LogP contribution in [0.1, 0.15) is 42.8 Å². The number of thioether (sulfide) groups is 1. The Balaban J connectivity index is 1.65. The van der Waals surface area contributed by atoms with Crippen molar-refractivity contribution in [1.82, 2.24) is 10.2 Å². The van der Waals surface area contributed by atoms with Gasteiger partial charge in [0.2, 0.25) is 5.60 Å². The molecule has 0 bridgehead atoms. The van der Waals surface area contributed by atoms with E-state index in [1.807, 2.05) is 26.0 Å². The molecule has 0 saturated heterocycles. The van der Waals surface area contributed by atoms with E-state index < -0.39 is 23.3 Å². The molecule has 5 nitrogen and oxygen atoms in total. The van der Waals surface area contributed by atoms with Gasteiger partial charge in [-0.1, -0.05) is 36.8 Å². The van der Waals surface area contributed by atoms with Crippen LogP contribution in [-0.4, -0.2) is 26.9 Å². The summed E-state index contributed by atoms with van der Waals surface area (Å²) in [5, 5.41) is 19.1. The Bertz CT molecular complexity index is 1120. The van der Waals surface area contributed by atoms with Crippen LogP contribution in [0.2, 0.25) is 0 Å². The highest BCUT2D eigenvalue weighted by molar-refractivity contribution is 7.98. The summed E-state index contributed by atoms with van der Waals surface area (Å²) < 4.78 is 44.0. The smallest absolute Gasteiger partial charge is 0.416 e. The molecule has 0 radical (unpaired) electrons. The van der Waals surface area contributed by atoms with E-state index in [0.29, 0.717) is 34.9 Å². The summed E-state index contributed by atoms with van der Waals surface area (Å²) in [5.41, 5.74) is -0.572. The van der Waals surface area contributed by atoms with Gasteiger partial charge in [0.15, 0.2) is 0 Å². The number of aromatic nitrogens is 2. The number of carbonyl (C=O) groups is 1. The minimum atomic E-state index is -4.37. The van der Waals surface area contributed by atoms with E-state index in [1.165, 1.54) is 35.2 Å². The number of ether oxygens (including phenoxy) is 1. The average molecular weight is 497 g/mol. The van der Waals surface area contributed by atoms with Crippen molar-refractivity contribution < 1.29 is 27.8 Å². The normalized spacial score (nSPS) is 13.5. The SMILES string of the molecule is CCCC(C)(Oc1ccc(SCc2nnc(-c3ccc(C(F)(F)F)cc3)s2)cc1C)C(=O)O. The van der Waals surface area contributed by atoms with E-state index in [1.54, 1.807) is 13.0 Å². The van der Waals surface area contributed by atoms with Crippen LogP contribution in [0.5, 0.6) is 5.75 Å². The highest BCUT2D eigenvalue weighted by Crippen LogP contribution is 2.34. The zero-order valence-electron chi connectivity index (χ0n) is 18.3. The molecule has 0 saturated carbocycles. The first kappa shape index (κ1) is 25.0. The van der Waals surface area contributed by atoms with Crippen LogP contribution in [0.3, 0.4) is 0 Å². The Morgan fingerprint density at radius 2 is 1.85 bits per heavy atom. The standard InChI is InChI=1S/C23H23F3N2O3S2/c1-4-11-22(3,21(29)30)31-18-10-9-17(12-14(18)2)32-13-19-27-28-20(33-19)15-5-7-16(8-6-15)23(24,25)26/h5-10,12H,4,11,13H2,1-3H3,(H,29,30). The summed E-state index contributed by atoms with van der Waals surface area (Å²) in [6, 6.07) is 10.4. The monoisotopic (exact) mass is 496 g/mol. The molecule has 1 aromatic heterocycles. The van der Waals surface area contributed by atoms with Gasteiger partial charge >= 0.3 is 12.1 Å². The van der Waals surface area contributed by atoms with Crippen LogP contribution >= 0.6 is 23.1 Å². The predicted octanol–water partition coefficient (Wildman–Crippen LogP) is 6.85. The minimum Gasteiger partial charge on any atom is -0.478 e. The second-order valence-corrected chi connectivity index (χ2v) is 9.79. The fourth-order valence-corrected chi connectivity index (χ4v) is 4.95. The van der Waals surface area contributed by atoms with Gasteiger partial charge in [-0.05, 0) is 56.2 Å². The molecule has 1 unspecified atom stereocenters. The highest BCUT2D eigenvalue weighted by atomic mass is 32.2. The number of alkyl halides is 3. The number of hydrogen-bond acceptors (Lipinski definition) is 6. The molecule has 1 N–H and O–H groups in total. The Morgan fingerprint density at radius 1 is 1.15 bits per heavy atom. The summed E-state index contributed by atoms with van der Waals surface area (Å²) in [6.07, 6.45) is -3.29. The van der Waals surface area contributed by atoms with Gasteiger partial charge in [-0.2, -0.15) is 13.2 Å². The molecule has 0 aliphatic carbocycles. The molecule has 1 atom stereocenters. The van der Waals surface area contributed by atoms with E-state index in [0.717, 1.165) is 27.6 Å². The van der Waals surface area contributed by atoms with E-state index in [9.17, 15) is 23.1 Å². The van der Waals surface area contributed by atoms with Crippen LogP contribution in [-0.2, 0) is 16.7 Å². The van der Waals surface area contributed by atoms with Crippen LogP contribution in [0.15, 0.2) is 47.4 Å². The van der Waals surface area contributed by atoms with Gasteiger partial charge in [0.25, 0.3) is 0 Å². The first-order valence-corrected chi connectivity index (χ1v) is 12.0. The Morgan fingerprint density at radius 3 is 2.42 bits per heavy atom. The number of nitrogens with zero attached hydrogens (tertiary/aromatic N) is 2. The molecule has 1 heterocycles. The summed E-state index contributed by atoms with van der Waals surface area (Å²) in [7, 11) is 0. The van der Waals surface area contributed by atoms with Crippen molar-refractivity contribution in [3.05, 3.63) is 58.6 Å². The van der Waals surface area contributed by atoms with Crippen molar-refractivity contribution in [1.29, 1.82) is 0 Å². The highest BCUT2D eigenvalue weighted by Gasteiger charge is 2.35. The van der Waals surface area contributed by atoms with Crippen molar-refractivity contribution in [2.24, 2.45) is 0 Å². The number of carboxylic acids is 1. The third-order valence-electron chi connectivity index (χ3n) is 4.95. The summed E-state index contributed by atoms with van der Waals surface area (Å²) >= 11 is 2.86. The zero-order chi connectivity index (χ0) is 24.2.